The summed E-state index contributed by atoms with van der Waals surface area (Å²) in [6.07, 6.45) is 1.29. The molecule has 1 rings (SSSR count). The molecule has 0 aliphatic carbocycles. The third-order valence-electron chi connectivity index (χ3n) is 0.902. The molecule has 0 unspecified atom stereocenters. The molecule has 0 saturated heterocycles. The Kier molecular flexibility index (Phi) is 1.69. The SMILES string of the molecule is O=S(=O)(O)c1ccccn1. The predicted octanol–water partition coefficient (Wildman–Crippen LogP) is 0.328. The Balaban J connectivity index is 3.22. The maximum absolute atomic E-state index is 10.3. The second-order valence-corrected chi connectivity index (χ2v) is 3.01. The molecule has 1 heterocycles. The number of rotatable bonds is 1. The van der Waals surface area contributed by atoms with Gasteiger partial charge in [0, 0.05) is 6.20 Å². The molecule has 0 atom stereocenters. The van der Waals surface area contributed by atoms with Crippen LogP contribution in [-0.2, 0) is 10.1 Å². The number of hydrogen-bond donors (Lipinski definition) is 1. The van der Waals surface area contributed by atoms with Gasteiger partial charge < -0.3 is 0 Å². The average molecular weight is 159 g/mol. The normalized spacial score (nSPS) is 11.3. The van der Waals surface area contributed by atoms with Gasteiger partial charge in [-0.15, -0.1) is 0 Å². The van der Waals surface area contributed by atoms with Crippen molar-refractivity contribution in [3.05, 3.63) is 24.4 Å². The van der Waals surface area contributed by atoms with E-state index < -0.39 is 10.1 Å². The Labute approximate surface area is 58.3 Å². The molecule has 10 heavy (non-hydrogen) atoms. The number of nitrogens with zero attached hydrogens (tertiary/aromatic N) is 1. The first-order valence-electron chi connectivity index (χ1n) is 2.49. The quantitative estimate of drug-likeness (QED) is 0.599. The summed E-state index contributed by atoms with van der Waals surface area (Å²) in [6, 6.07) is 4.26. The molecule has 1 aromatic heterocycles. The van der Waals surface area contributed by atoms with Crippen molar-refractivity contribution in [2.75, 3.05) is 0 Å². The van der Waals surface area contributed by atoms with Crippen LogP contribution in [0.5, 0.6) is 0 Å². The Morgan fingerprint density at radius 2 is 2.10 bits per heavy atom. The van der Waals surface area contributed by atoms with Gasteiger partial charge in [-0.25, -0.2) is 4.98 Å². The molecular weight excluding hydrogens is 154 g/mol. The number of pyridine rings is 1. The van der Waals surface area contributed by atoms with Gasteiger partial charge in [-0.1, -0.05) is 6.07 Å². The van der Waals surface area contributed by atoms with Crippen molar-refractivity contribution in [1.82, 2.24) is 4.98 Å². The lowest BCUT2D eigenvalue weighted by Gasteiger charge is -1.91. The van der Waals surface area contributed by atoms with Crippen LogP contribution in [-0.4, -0.2) is 18.0 Å². The van der Waals surface area contributed by atoms with Gasteiger partial charge in [0.25, 0.3) is 0 Å². The highest BCUT2D eigenvalue weighted by Crippen LogP contribution is 2.00. The van der Waals surface area contributed by atoms with E-state index in [0.717, 1.165) is 0 Å². The van der Waals surface area contributed by atoms with E-state index in [0.29, 0.717) is 0 Å². The van der Waals surface area contributed by atoms with Crippen molar-refractivity contribution < 1.29 is 13.0 Å². The van der Waals surface area contributed by atoms with Crippen molar-refractivity contribution in [1.29, 1.82) is 0 Å². The van der Waals surface area contributed by atoms with Gasteiger partial charge in [-0.05, 0) is 12.1 Å². The molecule has 5 heteroatoms. The van der Waals surface area contributed by atoms with Crippen molar-refractivity contribution >= 4 is 10.1 Å². The molecule has 0 bridgehead atoms. The average Bonchev–Trinajstić information content (AvgIpc) is 1.88. The molecule has 4 nitrogen and oxygen atoms in total. The fourth-order valence-electron chi connectivity index (χ4n) is 0.500. The molecule has 0 fully saturated rings. The van der Waals surface area contributed by atoms with E-state index >= 15 is 0 Å². The van der Waals surface area contributed by atoms with Crippen molar-refractivity contribution in [2.45, 2.75) is 5.03 Å². The van der Waals surface area contributed by atoms with E-state index in [1.54, 1.807) is 6.07 Å². The Bertz CT molecular complexity index is 305. The molecule has 0 aromatic carbocycles. The first kappa shape index (κ1) is 7.17. The number of hydrogen-bond acceptors (Lipinski definition) is 3. The molecule has 0 aliphatic heterocycles. The summed E-state index contributed by atoms with van der Waals surface area (Å²) in [5.74, 6) is 0. The summed E-state index contributed by atoms with van der Waals surface area (Å²) in [5, 5.41) is -0.324. The molecule has 1 aromatic rings. The Morgan fingerprint density at radius 3 is 2.40 bits per heavy atom. The van der Waals surface area contributed by atoms with Gasteiger partial charge in [0.2, 0.25) is 0 Å². The molecule has 0 radical (unpaired) electrons. The van der Waals surface area contributed by atoms with E-state index in [2.05, 4.69) is 4.98 Å². The Morgan fingerprint density at radius 1 is 1.40 bits per heavy atom. The predicted molar refractivity (Wildman–Crippen MR) is 34.1 cm³/mol. The van der Waals surface area contributed by atoms with E-state index in [1.165, 1.54) is 18.3 Å². The first-order valence-corrected chi connectivity index (χ1v) is 3.93. The molecule has 0 saturated carbocycles. The molecule has 0 aliphatic rings. The summed E-state index contributed by atoms with van der Waals surface area (Å²) >= 11 is 0. The zero-order valence-electron chi connectivity index (χ0n) is 4.93. The van der Waals surface area contributed by atoms with Crippen LogP contribution in [0.25, 0.3) is 0 Å². The third-order valence-corrected chi connectivity index (χ3v) is 1.67. The largest absolute Gasteiger partial charge is 0.312 e. The maximum Gasteiger partial charge on any atom is 0.312 e. The lowest BCUT2D eigenvalue weighted by Crippen LogP contribution is -1.99. The molecule has 0 spiro atoms. The molecule has 1 N–H and O–H groups in total. The van der Waals surface area contributed by atoms with E-state index in [9.17, 15) is 8.42 Å². The molecule has 0 amide bonds. The molecule has 54 valence electrons. The minimum atomic E-state index is -4.11. The van der Waals surface area contributed by atoms with Gasteiger partial charge in [-0.3, -0.25) is 4.55 Å². The summed E-state index contributed by atoms with van der Waals surface area (Å²) in [6.45, 7) is 0. The fourth-order valence-corrected chi connectivity index (χ4v) is 0.944. The van der Waals surface area contributed by atoms with Crippen LogP contribution in [0.3, 0.4) is 0 Å². The smallest absolute Gasteiger partial charge is 0.281 e. The minimum absolute atomic E-state index is 0.324. The highest BCUT2D eigenvalue weighted by Gasteiger charge is 2.07. The van der Waals surface area contributed by atoms with Crippen molar-refractivity contribution in [2.24, 2.45) is 0 Å². The zero-order chi connectivity index (χ0) is 7.61. The highest BCUT2D eigenvalue weighted by atomic mass is 32.2. The lowest BCUT2D eigenvalue weighted by molar-refractivity contribution is 0.479. The van der Waals surface area contributed by atoms with E-state index in [4.69, 9.17) is 4.55 Å². The maximum atomic E-state index is 10.3. The van der Waals surface area contributed by atoms with E-state index in [1.807, 2.05) is 0 Å². The van der Waals surface area contributed by atoms with Crippen LogP contribution in [0.1, 0.15) is 0 Å². The van der Waals surface area contributed by atoms with Crippen LogP contribution >= 0.6 is 0 Å². The van der Waals surface area contributed by atoms with Crippen LogP contribution in [0.15, 0.2) is 29.4 Å². The summed E-state index contributed by atoms with van der Waals surface area (Å²) < 4.78 is 29.1. The fraction of sp³-hybridized carbons (Fsp3) is 0. The van der Waals surface area contributed by atoms with Crippen LogP contribution < -0.4 is 0 Å². The van der Waals surface area contributed by atoms with Crippen molar-refractivity contribution in [3.63, 3.8) is 0 Å². The first-order chi connectivity index (χ1) is 4.61. The van der Waals surface area contributed by atoms with E-state index in [-0.39, 0.29) is 5.03 Å². The second-order valence-electron chi connectivity index (χ2n) is 1.64. The zero-order valence-corrected chi connectivity index (χ0v) is 5.75. The monoisotopic (exact) mass is 159 g/mol. The standard InChI is InChI=1S/C5H5NO3S/c7-10(8,9)5-3-1-2-4-6-5/h1-4H,(H,7,8,9). The summed E-state index contributed by atoms with van der Waals surface area (Å²) in [5.41, 5.74) is 0. The molecular formula is C5H5NO3S. The number of aromatic nitrogens is 1. The van der Waals surface area contributed by atoms with Gasteiger partial charge >= 0.3 is 10.1 Å². The third kappa shape index (κ3) is 1.52. The van der Waals surface area contributed by atoms with Crippen LogP contribution in [0.2, 0.25) is 0 Å². The van der Waals surface area contributed by atoms with Crippen molar-refractivity contribution in [3.8, 4) is 0 Å². The minimum Gasteiger partial charge on any atom is -0.281 e. The van der Waals surface area contributed by atoms with Gasteiger partial charge in [0.15, 0.2) is 5.03 Å². The second kappa shape index (κ2) is 2.36. The van der Waals surface area contributed by atoms with Gasteiger partial charge in [0.1, 0.15) is 0 Å². The van der Waals surface area contributed by atoms with Gasteiger partial charge in [-0.2, -0.15) is 8.42 Å². The topological polar surface area (TPSA) is 67.3 Å². The van der Waals surface area contributed by atoms with Crippen LogP contribution in [0.4, 0.5) is 0 Å². The highest BCUT2D eigenvalue weighted by molar-refractivity contribution is 7.85. The van der Waals surface area contributed by atoms with Gasteiger partial charge in [0.05, 0.1) is 0 Å². The van der Waals surface area contributed by atoms with Crippen LogP contribution in [0, 0.1) is 0 Å². The summed E-state index contributed by atoms with van der Waals surface area (Å²) in [7, 11) is -4.11. The summed E-state index contributed by atoms with van der Waals surface area (Å²) in [4.78, 5) is 3.41. The lowest BCUT2D eigenvalue weighted by atomic mass is 10.5. The Hall–Kier alpha value is -0.940.